The molecule has 0 unspecified atom stereocenters. The Hall–Kier alpha value is -1.22. The average Bonchev–Trinajstić information content (AvgIpc) is 2.07. The van der Waals surface area contributed by atoms with Crippen LogP contribution >= 0.6 is 0 Å². The maximum atomic E-state index is 10.8. The summed E-state index contributed by atoms with van der Waals surface area (Å²) in [4.78, 5) is 17.0. The minimum atomic E-state index is 0.188. The van der Waals surface area contributed by atoms with Crippen molar-refractivity contribution in [2.45, 2.75) is 20.4 Å². The van der Waals surface area contributed by atoms with Crippen LogP contribution in [-0.2, 0) is 11.3 Å². The number of carbonyl (C=O) groups is 1. The van der Waals surface area contributed by atoms with Crippen LogP contribution in [0, 0.1) is 6.92 Å². The van der Waals surface area contributed by atoms with E-state index in [1.54, 1.807) is 6.92 Å². The van der Waals surface area contributed by atoms with Crippen LogP contribution in [0.5, 0.6) is 0 Å². The Morgan fingerprint density at radius 2 is 2.21 bits per heavy atom. The molecular weight excluding hydrogens is 176 g/mol. The van der Waals surface area contributed by atoms with Crippen LogP contribution in [0.2, 0.25) is 0 Å². The van der Waals surface area contributed by atoms with Gasteiger partial charge in [0.1, 0.15) is 5.78 Å². The van der Waals surface area contributed by atoms with Gasteiger partial charge in [0.15, 0.2) is 0 Å². The molecule has 1 rings (SSSR count). The lowest BCUT2D eigenvalue weighted by atomic mass is 10.2. The minimum absolute atomic E-state index is 0.188. The van der Waals surface area contributed by atoms with Gasteiger partial charge in [0, 0.05) is 18.4 Å². The van der Waals surface area contributed by atoms with E-state index >= 15 is 0 Å². The molecule has 3 heteroatoms. The van der Waals surface area contributed by atoms with Crippen LogP contribution in [0.25, 0.3) is 0 Å². The summed E-state index contributed by atoms with van der Waals surface area (Å²) < 4.78 is 0. The summed E-state index contributed by atoms with van der Waals surface area (Å²) in [5, 5.41) is 0. The van der Waals surface area contributed by atoms with E-state index in [-0.39, 0.29) is 5.78 Å². The van der Waals surface area contributed by atoms with E-state index in [4.69, 9.17) is 0 Å². The maximum Gasteiger partial charge on any atom is 0.143 e. The Labute approximate surface area is 84.8 Å². The molecule has 14 heavy (non-hydrogen) atoms. The van der Waals surface area contributed by atoms with Crippen molar-refractivity contribution in [3.8, 4) is 0 Å². The molecule has 0 aromatic carbocycles. The van der Waals surface area contributed by atoms with Gasteiger partial charge in [-0.2, -0.15) is 0 Å². The summed E-state index contributed by atoms with van der Waals surface area (Å²) in [7, 11) is 1.93. The summed E-state index contributed by atoms with van der Waals surface area (Å²) in [5.41, 5.74) is 2.15. The van der Waals surface area contributed by atoms with Crippen molar-refractivity contribution in [1.82, 2.24) is 9.88 Å². The molecule has 0 bridgehead atoms. The molecule has 1 aromatic heterocycles. The fourth-order valence-corrected chi connectivity index (χ4v) is 1.34. The van der Waals surface area contributed by atoms with Crippen molar-refractivity contribution in [2.75, 3.05) is 13.6 Å². The van der Waals surface area contributed by atoms with Crippen LogP contribution in [0.1, 0.15) is 18.2 Å². The first kappa shape index (κ1) is 10.9. The highest BCUT2D eigenvalue weighted by Crippen LogP contribution is 2.02. The number of nitrogens with zero attached hydrogens (tertiary/aromatic N) is 2. The van der Waals surface area contributed by atoms with Gasteiger partial charge < -0.3 is 0 Å². The molecule has 0 saturated heterocycles. The van der Waals surface area contributed by atoms with Gasteiger partial charge in [0.05, 0.1) is 6.54 Å². The molecule has 1 aromatic rings. The molecule has 0 amide bonds. The first-order valence-electron chi connectivity index (χ1n) is 4.67. The van der Waals surface area contributed by atoms with E-state index in [1.807, 2.05) is 37.2 Å². The first-order valence-corrected chi connectivity index (χ1v) is 4.67. The molecule has 0 fully saturated rings. The molecule has 0 spiro atoms. The molecule has 0 aliphatic rings. The number of rotatable bonds is 4. The lowest BCUT2D eigenvalue weighted by Gasteiger charge is -2.14. The smallest absolute Gasteiger partial charge is 0.143 e. The third-order valence-corrected chi connectivity index (χ3v) is 1.92. The lowest BCUT2D eigenvalue weighted by Crippen LogP contribution is -2.23. The number of hydrogen-bond donors (Lipinski definition) is 0. The Balaban J connectivity index is 2.51. The fourth-order valence-electron chi connectivity index (χ4n) is 1.34. The Morgan fingerprint density at radius 1 is 1.50 bits per heavy atom. The SMILES string of the molecule is CC(=O)CN(C)Cc1ccc(C)nc1. The van der Waals surface area contributed by atoms with Crippen molar-refractivity contribution in [3.63, 3.8) is 0 Å². The van der Waals surface area contributed by atoms with Crippen LogP contribution < -0.4 is 0 Å². The highest BCUT2D eigenvalue weighted by molar-refractivity contribution is 5.77. The standard InChI is InChI=1S/C11H16N2O/c1-9-4-5-11(6-12-9)8-13(3)7-10(2)14/h4-6H,7-8H2,1-3H3. The van der Waals surface area contributed by atoms with Crippen LogP contribution in [0.3, 0.4) is 0 Å². The van der Waals surface area contributed by atoms with Gasteiger partial charge in [-0.15, -0.1) is 0 Å². The normalized spacial score (nSPS) is 10.6. The Kier molecular flexibility index (Phi) is 3.77. The second-order valence-electron chi connectivity index (χ2n) is 3.68. The highest BCUT2D eigenvalue weighted by Gasteiger charge is 2.02. The van der Waals surface area contributed by atoms with E-state index in [0.29, 0.717) is 6.54 Å². The van der Waals surface area contributed by atoms with Crippen LogP contribution in [0.15, 0.2) is 18.3 Å². The van der Waals surface area contributed by atoms with Crippen molar-refractivity contribution in [2.24, 2.45) is 0 Å². The van der Waals surface area contributed by atoms with Gasteiger partial charge in [-0.05, 0) is 32.5 Å². The number of aryl methyl sites for hydroxylation is 1. The van der Waals surface area contributed by atoms with E-state index in [0.717, 1.165) is 17.8 Å². The Morgan fingerprint density at radius 3 is 2.71 bits per heavy atom. The van der Waals surface area contributed by atoms with Gasteiger partial charge in [0.25, 0.3) is 0 Å². The summed E-state index contributed by atoms with van der Waals surface area (Å²) in [6.45, 7) is 4.83. The predicted octanol–water partition coefficient (Wildman–Crippen LogP) is 1.41. The summed E-state index contributed by atoms with van der Waals surface area (Å²) in [6, 6.07) is 4.02. The number of hydrogen-bond acceptors (Lipinski definition) is 3. The lowest BCUT2D eigenvalue weighted by molar-refractivity contribution is -0.117. The number of carbonyl (C=O) groups excluding carboxylic acids is 1. The van der Waals surface area contributed by atoms with Crippen molar-refractivity contribution in [3.05, 3.63) is 29.6 Å². The molecule has 76 valence electrons. The van der Waals surface area contributed by atoms with E-state index in [2.05, 4.69) is 4.98 Å². The van der Waals surface area contributed by atoms with Gasteiger partial charge >= 0.3 is 0 Å². The summed E-state index contributed by atoms with van der Waals surface area (Å²) in [6.07, 6.45) is 1.85. The largest absolute Gasteiger partial charge is 0.299 e. The van der Waals surface area contributed by atoms with Crippen molar-refractivity contribution < 1.29 is 4.79 Å². The van der Waals surface area contributed by atoms with Gasteiger partial charge in [-0.25, -0.2) is 0 Å². The molecule has 3 nitrogen and oxygen atoms in total. The zero-order valence-electron chi connectivity index (χ0n) is 8.95. The number of ketones is 1. The van der Waals surface area contributed by atoms with Crippen LogP contribution in [-0.4, -0.2) is 29.3 Å². The van der Waals surface area contributed by atoms with Gasteiger partial charge in [-0.1, -0.05) is 6.07 Å². The van der Waals surface area contributed by atoms with E-state index in [9.17, 15) is 4.79 Å². The van der Waals surface area contributed by atoms with E-state index in [1.165, 1.54) is 0 Å². The number of Topliss-reactive ketones (excluding diaryl/α,β-unsaturated/α-hetero) is 1. The third kappa shape index (κ3) is 3.66. The molecule has 0 atom stereocenters. The number of aromatic nitrogens is 1. The number of likely N-dealkylation sites (N-methyl/N-ethyl adjacent to an activating group) is 1. The average molecular weight is 192 g/mol. The molecule has 0 N–H and O–H groups in total. The topological polar surface area (TPSA) is 33.2 Å². The molecule has 0 aliphatic carbocycles. The zero-order chi connectivity index (χ0) is 10.6. The highest BCUT2D eigenvalue weighted by atomic mass is 16.1. The zero-order valence-corrected chi connectivity index (χ0v) is 8.95. The quantitative estimate of drug-likeness (QED) is 0.723. The number of pyridine rings is 1. The Bertz CT molecular complexity index is 306. The monoisotopic (exact) mass is 192 g/mol. The molecule has 0 radical (unpaired) electrons. The van der Waals surface area contributed by atoms with Crippen molar-refractivity contribution >= 4 is 5.78 Å². The molecule has 1 heterocycles. The molecular formula is C11H16N2O. The van der Waals surface area contributed by atoms with E-state index < -0.39 is 0 Å². The second kappa shape index (κ2) is 4.86. The minimum Gasteiger partial charge on any atom is -0.299 e. The van der Waals surface area contributed by atoms with Gasteiger partial charge in [-0.3, -0.25) is 14.7 Å². The fraction of sp³-hybridized carbons (Fsp3) is 0.455. The second-order valence-corrected chi connectivity index (χ2v) is 3.68. The molecule has 0 saturated carbocycles. The summed E-state index contributed by atoms with van der Waals surface area (Å²) >= 11 is 0. The maximum absolute atomic E-state index is 10.8. The molecule has 0 aliphatic heterocycles. The van der Waals surface area contributed by atoms with Crippen molar-refractivity contribution in [1.29, 1.82) is 0 Å². The van der Waals surface area contributed by atoms with Gasteiger partial charge in [0.2, 0.25) is 0 Å². The summed E-state index contributed by atoms with van der Waals surface area (Å²) in [5.74, 6) is 0.188. The van der Waals surface area contributed by atoms with Crippen LogP contribution in [0.4, 0.5) is 0 Å². The third-order valence-electron chi connectivity index (χ3n) is 1.92. The first-order chi connectivity index (χ1) is 6.58. The predicted molar refractivity (Wildman–Crippen MR) is 56.0 cm³/mol.